The molecule has 0 unspecified atom stereocenters. The van der Waals surface area contributed by atoms with Gasteiger partial charge in [-0.05, 0) is 24.3 Å². The third-order valence-electron chi connectivity index (χ3n) is 3.49. The maximum atomic E-state index is 12.5. The van der Waals surface area contributed by atoms with Crippen LogP contribution in [0.15, 0.2) is 54.6 Å². The lowest BCUT2D eigenvalue weighted by atomic mass is 10.2. The van der Waals surface area contributed by atoms with E-state index in [0.717, 1.165) is 11.8 Å². The molecule has 122 valence electrons. The highest BCUT2D eigenvalue weighted by Gasteiger charge is 2.39. The fraction of sp³-hybridized carbons (Fsp3) is 0.118. The third kappa shape index (κ3) is 3.44. The highest BCUT2D eigenvalue weighted by atomic mass is 35.5. The first-order valence-corrected chi connectivity index (χ1v) is 8.50. The molecule has 5 nitrogen and oxygen atoms in total. The Kier molecular flexibility index (Phi) is 4.87. The second-order valence-electron chi connectivity index (χ2n) is 5.15. The van der Waals surface area contributed by atoms with Crippen molar-refractivity contribution in [2.45, 2.75) is 11.7 Å². The SMILES string of the molecule is N=C1S[C@@H](CC(=O)Nc2ccccc2Cl)C(=O)N1c1ccccc1. The molecule has 2 aromatic carbocycles. The number of nitrogens with one attached hydrogen (secondary N) is 2. The number of carbonyl (C=O) groups excluding carboxylic acids is 2. The Morgan fingerprint density at radius 1 is 1.17 bits per heavy atom. The number of thioether (sulfide) groups is 1. The molecule has 0 bridgehead atoms. The Labute approximate surface area is 148 Å². The molecule has 1 aliphatic heterocycles. The molecule has 1 aliphatic rings. The summed E-state index contributed by atoms with van der Waals surface area (Å²) in [6.07, 6.45) is -0.0135. The Morgan fingerprint density at radius 2 is 1.83 bits per heavy atom. The van der Waals surface area contributed by atoms with Gasteiger partial charge in [0.05, 0.1) is 16.4 Å². The Bertz CT molecular complexity index is 797. The van der Waals surface area contributed by atoms with Crippen LogP contribution in [0.1, 0.15) is 6.42 Å². The van der Waals surface area contributed by atoms with E-state index in [4.69, 9.17) is 17.0 Å². The lowest BCUT2D eigenvalue weighted by molar-refractivity contribution is -0.121. The molecule has 1 heterocycles. The van der Waals surface area contributed by atoms with Crippen LogP contribution < -0.4 is 10.2 Å². The average molecular weight is 360 g/mol. The Morgan fingerprint density at radius 3 is 2.54 bits per heavy atom. The standard InChI is InChI=1S/C17H14ClN3O2S/c18-12-8-4-5-9-13(12)20-15(22)10-14-16(23)21(17(19)24-14)11-6-2-1-3-7-11/h1-9,14,19H,10H2,(H,20,22)/t14-/m0/s1. The second kappa shape index (κ2) is 7.07. The average Bonchev–Trinajstić information content (AvgIpc) is 2.84. The van der Waals surface area contributed by atoms with Crippen LogP contribution in [0.4, 0.5) is 11.4 Å². The van der Waals surface area contributed by atoms with Crippen LogP contribution in [0.3, 0.4) is 0 Å². The summed E-state index contributed by atoms with van der Waals surface area (Å²) in [5.74, 6) is -0.567. The minimum Gasteiger partial charge on any atom is -0.325 e. The summed E-state index contributed by atoms with van der Waals surface area (Å²) in [4.78, 5) is 26.1. The van der Waals surface area contributed by atoms with Gasteiger partial charge >= 0.3 is 0 Å². The molecule has 1 saturated heterocycles. The molecule has 2 amide bonds. The van der Waals surface area contributed by atoms with Gasteiger partial charge in [0.25, 0.3) is 0 Å². The van der Waals surface area contributed by atoms with Crippen molar-refractivity contribution in [3.05, 3.63) is 59.6 Å². The number of anilines is 2. The molecule has 2 N–H and O–H groups in total. The summed E-state index contributed by atoms with van der Waals surface area (Å²) in [7, 11) is 0. The Hall–Kier alpha value is -2.31. The number of carbonyl (C=O) groups is 2. The van der Waals surface area contributed by atoms with E-state index in [0.29, 0.717) is 16.4 Å². The number of hydrogen-bond acceptors (Lipinski definition) is 4. The molecular weight excluding hydrogens is 346 g/mol. The van der Waals surface area contributed by atoms with Crippen LogP contribution in [0.25, 0.3) is 0 Å². The van der Waals surface area contributed by atoms with Crippen LogP contribution in [0.5, 0.6) is 0 Å². The van der Waals surface area contributed by atoms with E-state index in [-0.39, 0.29) is 23.4 Å². The zero-order chi connectivity index (χ0) is 17.1. The number of para-hydroxylation sites is 2. The fourth-order valence-electron chi connectivity index (χ4n) is 2.36. The molecule has 0 aliphatic carbocycles. The van der Waals surface area contributed by atoms with Crippen molar-refractivity contribution < 1.29 is 9.59 Å². The maximum absolute atomic E-state index is 12.5. The number of rotatable bonds is 4. The van der Waals surface area contributed by atoms with E-state index >= 15 is 0 Å². The van der Waals surface area contributed by atoms with Crippen LogP contribution >= 0.6 is 23.4 Å². The minimum atomic E-state index is -0.611. The van der Waals surface area contributed by atoms with E-state index in [9.17, 15) is 9.59 Å². The lowest BCUT2D eigenvalue weighted by Crippen LogP contribution is -2.33. The normalized spacial score (nSPS) is 17.2. The largest absolute Gasteiger partial charge is 0.325 e. The first-order chi connectivity index (χ1) is 11.6. The minimum absolute atomic E-state index is 0.0135. The van der Waals surface area contributed by atoms with Crippen LogP contribution in [0, 0.1) is 5.41 Å². The van der Waals surface area contributed by atoms with Gasteiger partial charge in [-0.15, -0.1) is 0 Å². The molecule has 3 rings (SSSR count). The zero-order valence-electron chi connectivity index (χ0n) is 12.5. The number of amides is 2. The van der Waals surface area contributed by atoms with E-state index in [1.807, 2.05) is 6.07 Å². The molecular formula is C17H14ClN3O2S. The number of hydrogen-bond donors (Lipinski definition) is 2. The number of halogens is 1. The van der Waals surface area contributed by atoms with Crippen molar-refractivity contribution in [2.24, 2.45) is 0 Å². The lowest BCUT2D eigenvalue weighted by Gasteiger charge is -2.15. The summed E-state index contributed by atoms with van der Waals surface area (Å²) in [5.41, 5.74) is 1.14. The Balaban J connectivity index is 1.68. The second-order valence-corrected chi connectivity index (χ2v) is 6.75. The van der Waals surface area contributed by atoms with Gasteiger partial charge in [0.15, 0.2) is 5.17 Å². The molecule has 7 heteroatoms. The highest BCUT2D eigenvalue weighted by molar-refractivity contribution is 8.16. The number of amidine groups is 1. The first-order valence-electron chi connectivity index (χ1n) is 7.25. The topological polar surface area (TPSA) is 73.3 Å². The summed E-state index contributed by atoms with van der Waals surface area (Å²) in [6, 6.07) is 15.9. The predicted octanol–water partition coefficient (Wildman–Crippen LogP) is 3.75. The summed E-state index contributed by atoms with van der Waals surface area (Å²) < 4.78 is 0. The van der Waals surface area contributed by atoms with Gasteiger partial charge in [0, 0.05) is 6.42 Å². The van der Waals surface area contributed by atoms with Gasteiger partial charge < -0.3 is 5.32 Å². The molecule has 1 fully saturated rings. The van der Waals surface area contributed by atoms with Crippen LogP contribution in [0.2, 0.25) is 5.02 Å². The van der Waals surface area contributed by atoms with Gasteiger partial charge in [0.1, 0.15) is 5.25 Å². The van der Waals surface area contributed by atoms with Crippen LogP contribution in [-0.2, 0) is 9.59 Å². The molecule has 24 heavy (non-hydrogen) atoms. The van der Waals surface area contributed by atoms with E-state index in [2.05, 4.69) is 5.32 Å². The quantitative estimate of drug-likeness (QED) is 0.873. The van der Waals surface area contributed by atoms with Crippen molar-refractivity contribution in [3.8, 4) is 0 Å². The van der Waals surface area contributed by atoms with E-state index < -0.39 is 5.25 Å². The highest BCUT2D eigenvalue weighted by Crippen LogP contribution is 2.33. The molecule has 0 aromatic heterocycles. The summed E-state index contributed by atoms with van der Waals surface area (Å²) in [6.45, 7) is 0. The van der Waals surface area contributed by atoms with Crippen molar-refractivity contribution in [1.82, 2.24) is 0 Å². The third-order valence-corrected chi connectivity index (χ3v) is 4.87. The van der Waals surface area contributed by atoms with Crippen molar-refractivity contribution in [1.29, 1.82) is 5.41 Å². The van der Waals surface area contributed by atoms with Gasteiger partial charge in [-0.1, -0.05) is 53.7 Å². The number of nitrogens with zero attached hydrogens (tertiary/aromatic N) is 1. The molecule has 1 atom stereocenters. The first kappa shape index (κ1) is 16.5. The summed E-state index contributed by atoms with van der Waals surface area (Å²) in [5, 5.41) is 10.7. The van der Waals surface area contributed by atoms with Crippen molar-refractivity contribution in [2.75, 3.05) is 10.2 Å². The van der Waals surface area contributed by atoms with Crippen LogP contribution in [-0.4, -0.2) is 22.2 Å². The molecule has 0 saturated carbocycles. The van der Waals surface area contributed by atoms with E-state index in [1.54, 1.807) is 48.5 Å². The molecule has 0 radical (unpaired) electrons. The monoisotopic (exact) mass is 359 g/mol. The summed E-state index contributed by atoms with van der Waals surface area (Å²) >= 11 is 7.10. The van der Waals surface area contributed by atoms with E-state index in [1.165, 1.54) is 4.90 Å². The number of benzene rings is 2. The van der Waals surface area contributed by atoms with Gasteiger partial charge in [-0.2, -0.15) is 0 Å². The smallest absolute Gasteiger partial charge is 0.247 e. The maximum Gasteiger partial charge on any atom is 0.247 e. The molecule has 0 spiro atoms. The van der Waals surface area contributed by atoms with Gasteiger partial charge in [-0.3, -0.25) is 19.9 Å². The van der Waals surface area contributed by atoms with Gasteiger partial charge in [0.2, 0.25) is 11.8 Å². The predicted molar refractivity (Wildman–Crippen MR) is 97.7 cm³/mol. The van der Waals surface area contributed by atoms with Crippen molar-refractivity contribution >= 4 is 51.7 Å². The zero-order valence-corrected chi connectivity index (χ0v) is 14.1. The fourth-order valence-corrected chi connectivity index (χ4v) is 3.56. The molecule has 2 aromatic rings. The van der Waals surface area contributed by atoms with Gasteiger partial charge in [-0.25, -0.2) is 0 Å². The van der Waals surface area contributed by atoms with Crippen molar-refractivity contribution in [3.63, 3.8) is 0 Å².